The molecule has 0 aliphatic heterocycles. The Labute approximate surface area is 213 Å². The van der Waals surface area contributed by atoms with Crippen LogP contribution in [-0.2, 0) is 6.18 Å². The van der Waals surface area contributed by atoms with Gasteiger partial charge in [-0.25, -0.2) is 13.3 Å². The number of anilines is 1. The van der Waals surface area contributed by atoms with E-state index < -0.39 is 18.3 Å². The van der Waals surface area contributed by atoms with E-state index in [0.717, 1.165) is 17.8 Å². The largest absolute Gasteiger partial charge is 0.433 e. The van der Waals surface area contributed by atoms with Crippen LogP contribution in [0.4, 0.5) is 27.9 Å². The van der Waals surface area contributed by atoms with Gasteiger partial charge in [-0.1, -0.05) is 19.9 Å². The summed E-state index contributed by atoms with van der Waals surface area (Å²) in [5.41, 5.74) is 7.77. The van der Waals surface area contributed by atoms with Gasteiger partial charge in [0.25, 0.3) is 6.43 Å². The summed E-state index contributed by atoms with van der Waals surface area (Å²) in [4.78, 5) is 11.6. The van der Waals surface area contributed by atoms with Crippen molar-refractivity contribution in [2.24, 2.45) is 5.92 Å². The number of pyridine rings is 3. The van der Waals surface area contributed by atoms with Gasteiger partial charge in [-0.05, 0) is 47.4 Å². The summed E-state index contributed by atoms with van der Waals surface area (Å²) in [5, 5.41) is 8.67. The van der Waals surface area contributed by atoms with E-state index in [0.29, 0.717) is 28.0 Å². The Hall–Kier alpha value is -4.42. The molecular formula is C25H21F5N8. The molecule has 0 bridgehead atoms. The second-order valence-corrected chi connectivity index (χ2v) is 9.01. The number of halogens is 5. The van der Waals surface area contributed by atoms with Crippen molar-refractivity contribution >= 4 is 11.6 Å². The minimum atomic E-state index is -4.57. The second kappa shape index (κ2) is 9.47. The summed E-state index contributed by atoms with van der Waals surface area (Å²) in [7, 11) is 0. The van der Waals surface area contributed by atoms with Crippen molar-refractivity contribution in [1.82, 2.24) is 34.3 Å². The molecule has 0 fully saturated rings. The summed E-state index contributed by atoms with van der Waals surface area (Å²) >= 11 is 0. The summed E-state index contributed by atoms with van der Waals surface area (Å²) in [6, 6.07) is 8.29. The molecule has 0 aliphatic carbocycles. The van der Waals surface area contributed by atoms with Crippen molar-refractivity contribution in [2.45, 2.75) is 32.5 Å². The number of hydrogen-bond acceptors (Lipinski definition) is 6. The molecule has 5 aromatic heterocycles. The standard InChI is InChI=1S/C25H21F5N8/c1-13(2)22(15-3-5-18(23(26)27)32-10-15)37-12-17(11-34-37)16-7-19(38-21(8-16)35-24(31)36-38)14-4-6-20(33-9-14)25(28,29)30/h3-13,22-23H,1-2H3,(H2,31,36). The van der Waals surface area contributed by atoms with Crippen LogP contribution < -0.4 is 5.73 Å². The lowest BCUT2D eigenvalue weighted by Gasteiger charge is -2.22. The van der Waals surface area contributed by atoms with Gasteiger partial charge in [0, 0.05) is 29.7 Å². The van der Waals surface area contributed by atoms with Crippen molar-refractivity contribution in [3.8, 4) is 22.4 Å². The van der Waals surface area contributed by atoms with E-state index in [1.54, 1.807) is 35.3 Å². The van der Waals surface area contributed by atoms with Gasteiger partial charge in [-0.3, -0.25) is 14.6 Å². The number of fused-ring (bicyclic) bond motifs is 1. The van der Waals surface area contributed by atoms with E-state index in [1.807, 2.05) is 13.8 Å². The lowest BCUT2D eigenvalue weighted by atomic mass is 9.97. The highest BCUT2D eigenvalue weighted by molar-refractivity contribution is 5.74. The number of hydrogen-bond donors (Lipinski definition) is 1. The first-order valence-corrected chi connectivity index (χ1v) is 11.5. The van der Waals surface area contributed by atoms with Crippen LogP contribution in [0.25, 0.3) is 28.0 Å². The van der Waals surface area contributed by atoms with E-state index in [4.69, 9.17) is 5.73 Å². The minimum Gasteiger partial charge on any atom is -0.366 e. The quantitative estimate of drug-likeness (QED) is 0.278. The number of aromatic nitrogens is 7. The second-order valence-electron chi connectivity index (χ2n) is 9.01. The number of alkyl halides is 5. The molecule has 5 rings (SSSR count). The molecule has 0 aromatic carbocycles. The highest BCUT2D eigenvalue weighted by Gasteiger charge is 2.32. The van der Waals surface area contributed by atoms with E-state index in [9.17, 15) is 22.0 Å². The number of nitrogen functional groups attached to an aromatic ring is 1. The Bertz CT molecular complexity index is 1570. The Kier molecular flexibility index (Phi) is 6.29. The van der Waals surface area contributed by atoms with Crippen molar-refractivity contribution in [2.75, 3.05) is 5.73 Å². The molecule has 8 nitrogen and oxygen atoms in total. The molecule has 0 amide bonds. The zero-order valence-corrected chi connectivity index (χ0v) is 20.1. The first kappa shape index (κ1) is 25.2. The van der Waals surface area contributed by atoms with Gasteiger partial charge >= 0.3 is 6.18 Å². The Morgan fingerprint density at radius 1 is 0.895 bits per heavy atom. The van der Waals surface area contributed by atoms with Crippen LogP contribution in [0, 0.1) is 5.92 Å². The third-order valence-corrected chi connectivity index (χ3v) is 6.03. The lowest BCUT2D eigenvalue weighted by molar-refractivity contribution is -0.141. The Balaban J connectivity index is 1.55. The number of rotatable bonds is 6. The van der Waals surface area contributed by atoms with Crippen LogP contribution in [-0.4, -0.2) is 34.3 Å². The van der Waals surface area contributed by atoms with E-state index in [2.05, 4.69) is 25.1 Å². The highest BCUT2D eigenvalue weighted by atomic mass is 19.4. The van der Waals surface area contributed by atoms with Gasteiger partial charge in [0.05, 0.1) is 17.9 Å². The third-order valence-electron chi connectivity index (χ3n) is 6.03. The van der Waals surface area contributed by atoms with E-state index in [1.165, 1.54) is 22.8 Å². The van der Waals surface area contributed by atoms with Crippen molar-refractivity contribution < 1.29 is 22.0 Å². The first-order valence-electron chi connectivity index (χ1n) is 11.5. The van der Waals surface area contributed by atoms with Crippen LogP contribution in [0.5, 0.6) is 0 Å². The van der Waals surface area contributed by atoms with Crippen LogP contribution in [0.1, 0.15) is 43.3 Å². The van der Waals surface area contributed by atoms with Crippen LogP contribution in [0.2, 0.25) is 0 Å². The molecular weight excluding hydrogens is 507 g/mol. The lowest BCUT2D eigenvalue weighted by Crippen LogP contribution is -2.17. The van der Waals surface area contributed by atoms with Crippen LogP contribution in [0.3, 0.4) is 0 Å². The van der Waals surface area contributed by atoms with E-state index >= 15 is 0 Å². The fourth-order valence-electron chi connectivity index (χ4n) is 4.29. The smallest absolute Gasteiger partial charge is 0.366 e. The molecule has 0 saturated carbocycles. The predicted molar refractivity (Wildman–Crippen MR) is 129 cm³/mol. The maximum Gasteiger partial charge on any atom is 0.433 e. The van der Waals surface area contributed by atoms with Crippen LogP contribution >= 0.6 is 0 Å². The summed E-state index contributed by atoms with van der Waals surface area (Å²) < 4.78 is 68.1. The van der Waals surface area contributed by atoms with Gasteiger partial charge < -0.3 is 5.73 Å². The topological polar surface area (TPSA) is 99.8 Å². The van der Waals surface area contributed by atoms with E-state index in [-0.39, 0.29) is 23.6 Å². The average molecular weight is 528 g/mol. The third kappa shape index (κ3) is 4.78. The number of nitrogens with two attached hydrogens (primary N) is 1. The summed E-state index contributed by atoms with van der Waals surface area (Å²) in [6.07, 6.45) is -1.25. The molecule has 196 valence electrons. The maximum atomic E-state index is 13.0. The van der Waals surface area contributed by atoms with Gasteiger partial charge in [0.1, 0.15) is 11.4 Å². The molecule has 38 heavy (non-hydrogen) atoms. The van der Waals surface area contributed by atoms with Gasteiger partial charge in [-0.2, -0.15) is 23.3 Å². The monoisotopic (exact) mass is 528 g/mol. The average Bonchev–Trinajstić information content (AvgIpc) is 3.49. The molecule has 5 heterocycles. The van der Waals surface area contributed by atoms with Gasteiger partial charge in [0.15, 0.2) is 5.65 Å². The fourth-order valence-corrected chi connectivity index (χ4v) is 4.29. The number of nitrogens with zero attached hydrogens (tertiary/aromatic N) is 7. The molecule has 0 radical (unpaired) electrons. The highest BCUT2D eigenvalue weighted by Crippen LogP contribution is 2.33. The molecule has 5 aromatic rings. The SMILES string of the molecule is CC(C)C(c1ccc(C(F)F)nc1)n1cc(-c2cc(-c3ccc(C(F)(F)F)nc3)n3nc(N)nc3c2)cn1. The molecule has 1 atom stereocenters. The normalized spacial score (nSPS) is 13.1. The Morgan fingerprint density at radius 3 is 2.29 bits per heavy atom. The zero-order chi connectivity index (χ0) is 27.2. The first-order chi connectivity index (χ1) is 18.0. The van der Waals surface area contributed by atoms with Crippen molar-refractivity contribution in [3.05, 3.63) is 78.1 Å². The zero-order valence-electron chi connectivity index (χ0n) is 20.1. The molecule has 0 spiro atoms. The molecule has 1 unspecified atom stereocenters. The Morgan fingerprint density at radius 2 is 1.68 bits per heavy atom. The van der Waals surface area contributed by atoms with Crippen LogP contribution in [0.15, 0.2) is 61.2 Å². The molecule has 0 aliphatic rings. The predicted octanol–water partition coefficient (Wildman–Crippen LogP) is 5.83. The van der Waals surface area contributed by atoms with Crippen molar-refractivity contribution in [3.63, 3.8) is 0 Å². The molecule has 0 saturated heterocycles. The summed E-state index contributed by atoms with van der Waals surface area (Å²) in [6.45, 7) is 3.96. The molecule has 13 heteroatoms. The van der Waals surface area contributed by atoms with Gasteiger partial charge in [-0.15, -0.1) is 5.10 Å². The summed E-state index contributed by atoms with van der Waals surface area (Å²) in [5.74, 6) is 0.0492. The molecule has 2 N–H and O–H groups in total. The van der Waals surface area contributed by atoms with Crippen molar-refractivity contribution in [1.29, 1.82) is 0 Å². The maximum absolute atomic E-state index is 13.0. The fraction of sp³-hybridized carbons (Fsp3) is 0.240. The van der Waals surface area contributed by atoms with Gasteiger partial charge in [0.2, 0.25) is 5.95 Å². The minimum absolute atomic E-state index is 0.00131.